The molecule has 3 N–H and O–H groups in total. The fourth-order valence-corrected chi connectivity index (χ4v) is 2.42. The molecule has 0 bridgehead atoms. The second-order valence-corrected chi connectivity index (χ2v) is 4.34. The van der Waals surface area contributed by atoms with Gasteiger partial charge in [-0.15, -0.1) is 12.4 Å². The highest BCUT2D eigenvalue weighted by Gasteiger charge is 2.21. The number of benzene rings is 1. The molecule has 1 heterocycles. The Morgan fingerprint density at radius 1 is 1.56 bits per heavy atom. The van der Waals surface area contributed by atoms with Crippen molar-refractivity contribution in [1.82, 2.24) is 0 Å². The Kier molecular flexibility index (Phi) is 4.44. The number of nitrogens with two attached hydrogens (primary N) is 1. The van der Waals surface area contributed by atoms with Crippen molar-refractivity contribution in [3.8, 4) is 0 Å². The van der Waals surface area contributed by atoms with Crippen molar-refractivity contribution in [1.29, 1.82) is 0 Å². The van der Waals surface area contributed by atoms with Gasteiger partial charge in [-0.3, -0.25) is 0 Å². The summed E-state index contributed by atoms with van der Waals surface area (Å²) in [4.78, 5) is 2.14. The molecular weight excluding hydrogens is 247 g/mol. The summed E-state index contributed by atoms with van der Waals surface area (Å²) in [5.41, 5.74) is 8.53. The summed E-state index contributed by atoms with van der Waals surface area (Å²) in [6.45, 7) is 1.21. The lowest BCUT2D eigenvalue weighted by atomic mass is 10.0. The molecule has 1 aromatic carbocycles. The van der Waals surface area contributed by atoms with E-state index < -0.39 is 6.10 Å². The van der Waals surface area contributed by atoms with Gasteiger partial charge >= 0.3 is 0 Å². The molecule has 0 aromatic heterocycles. The normalized spacial score (nSPS) is 15.6. The summed E-state index contributed by atoms with van der Waals surface area (Å²) in [7, 11) is 2.02. The van der Waals surface area contributed by atoms with E-state index in [1.807, 2.05) is 13.1 Å². The van der Waals surface area contributed by atoms with Gasteiger partial charge in [0.05, 0.1) is 16.8 Å². The van der Waals surface area contributed by atoms with Gasteiger partial charge in [0.25, 0.3) is 0 Å². The number of likely N-dealkylation sites (N-methyl/N-ethyl adjacent to an activating group) is 1. The average molecular weight is 263 g/mol. The number of halogens is 2. The van der Waals surface area contributed by atoms with Crippen LogP contribution in [0.2, 0.25) is 5.02 Å². The number of aliphatic hydroxyl groups is 1. The molecule has 0 saturated heterocycles. The Morgan fingerprint density at radius 2 is 2.25 bits per heavy atom. The van der Waals surface area contributed by atoms with Crippen LogP contribution in [-0.2, 0) is 6.42 Å². The Bertz CT molecular complexity index is 384. The number of fused-ring (bicyclic) bond motifs is 1. The molecule has 0 aliphatic carbocycles. The van der Waals surface area contributed by atoms with E-state index >= 15 is 0 Å². The van der Waals surface area contributed by atoms with E-state index in [0.29, 0.717) is 5.02 Å². The molecule has 1 aliphatic heterocycles. The van der Waals surface area contributed by atoms with Crippen LogP contribution in [0.15, 0.2) is 12.1 Å². The van der Waals surface area contributed by atoms with Gasteiger partial charge in [-0.05, 0) is 23.6 Å². The lowest BCUT2D eigenvalue weighted by Crippen LogP contribution is -2.13. The first-order chi connectivity index (χ1) is 7.13. The molecule has 0 radical (unpaired) electrons. The maximum absolute atomic E-state index is 9.65. The van der Waals surface area contributed by atoms with Crippen molar-refractivity contribution in [3.05, 3.63) is 28.3 Å². The van der Waals surface area contributed by atoms with Crippen LogP contribution in [0.3, 0.4) is 0 Å². The molecular formula is C11H16Cl2N2O. The molecule has 5 heteroatoms. The topological polar surface area (TPSA) is 49.5 Å². The van der Waals surface area contributed by atoms with Gasteiger partial charge in [0.1, 0.15) is 0 Å². The highest BCUT2D eigenvalue weighted by Crippen LogP contribution is 2.36. The summed E-state index contributed by atoms with van der Waals surface area (Å²) >= 11 is 6.18. The number of hydrogen-bond donors (Lipinski definition) is 2. The summed E-state index contributed by atoms with van der Waals surface area (Å²) in [6, 6.07) is 3.81. The van der Waals surface area contributed by atoms with Crippen LogP contribution in [0, 0.1) is 0 Å². The van der Waals surface area contributed by atoms with Crippen molar-refractivity contribution < 1.29 is 5.11 Å². The zero-order chi connectivity index (χ0) is 11.0. The first kappa shape index (κ1) is 13.6. The Morgan fingerprint density at radius 3 is 2.88 bits per heavy atom. The number of anilines is 1. The van der Waals surface area contributed by atoms with Crippen LogP contribution in [-0.4, -0.2) is 25.2 Å². The highest BCUT2D eigenvalue weighted by atomic mass is 35.5. The minimum atomic E-state index is -0.612. The molecule has 0 fully saturated rings. The van der Waals surface area contributed by atoms with E-state index in [1.165, 1.54) is 5.56 Å². The summed E-state index contributed by atoms with van der Waals surface area (Å²) < 4.78 is 0. The number of nitrogens with zero attached hydrogens (tertiary/aromatic N) is 1. The third-order valence-electron chi connectivity index (χ3n) is 2.87. The molecule has 0 saturated carbocycles. The lowest BCUT2D eigenvalue weighted by Gasteiger charge is -2.16. The average Bonchev–Trinajstić information content (AvgIpc) is 2.59. The van der Waals surface area contributed by atoms with Gasteiger partial charge in [-0.2, -0.15) is 0 Å². The van der Waals surface area contributed by atoms with Crippen molar-refractivity contribution in [2.24, 2.45) is 5.73 Å². The molecule has 1 aliphatic rings. The predicted octanol–water partition coefficient (Wildman–Crippen LogP) is 1.75. The van der Waals surface area contributed by atoms with E-state index in [1.54, 1.807) is 6.07 Å². The van der Waals surface area contributed by atoms with Gasteiger partial charge in [-0.25, -0.2) is 0 Å². The minimum absolute atomic E-state index is 0. The maximum atomic E-state index is 9.65. The summed E-state index contributed by atoms with van der Waals surface area (Å²) in [6.07, 6.45) is 0.371. The van der Waals surface area contributed by atoms with Crippen LogP contribution in [0.1, 0.15) is 17.2 Å². The first-order valence-corrected chi connectivity index (χ1v) is 5.43. The van der Waals surface area contributed by atoms with Crippen molar-refractivity contribution in [2.45, 2.75) is 12.5 Å². The highest BCUT2D eigenvalue weighted by molar-refractivity contribution is 6.33. The van der Waals surface area contributed by atoms with Gasteiger partial charge in [0.15, 0.2) is 0 Å². The molecule has 1 aromatic rings. The smallest absolute Gasteiger partial charge is 0.0912 e. The van der Waals surface area contributed by atoms with Gasteiger partial charge in [-0.1, -0.05) is 17.7 Å². The standard InChI is InChI=1S/C11H15ClN2O.ClH/c1-14-3-2-7-4-8(10(15)6-13)5-9(12)11(7)14;/h4-5,10,15H,2-3,6,13H2,1H3;1H/t10-;/m1./s1. The second-order valence-electron chi connectivity index (χ2n) is 3.93. The monoisotopic (exact) mass is 262 g/mol. The summed E-state index contributed by atoms with van der Waals surface area (Å²) in [5.74, 6) is 0. The van der Waals surface area contributed by atoms with E-state index in [-0.39, 0.29) is 19.0 Å². The molecule has 16 heavy (non-hydrogen) atoms. The molecule has 1 atom stereocenters. The second kappa shape index (κ2) is 5.23. The molecule has 0 unspecified atom stereocenters. The van der Waals surface area contributed by atoms with Crippen LogP contribution in [0.4, 0.5) is 5.69 Å². The van der Waals surface area contributed by atoms with Crippen molar-refractivity contribution in [3.63, 3.8) is 0 Å². The largest absolute Gasteiger partial charge is 0.387 e. The molecule has 2 rings (SSSR count). The third-order valence-corrected chi connectivity index (χ3v) is 3.16. The Balaban J connectivity index is 0.00000128. The van der Waals surface area contributed by atoms with Crippen LogP contribution in [0.5, 0.6) is 0 Å². The lowest BCUT2D eigenvalue weighted by molar-refractivity contribution is 0.186. The SMILES string of the molecule is CN1CCc2cc([C@H](O)CN)cc(Cl)c21.Cl. The summed E-state index contributed by atoms with van der Waals surface area (Å²) in [5, 5.41) is 10.4. The van der Waals surface area contributed by atoms with Crippen LogP contribution >= 0.6 is 24.0 Å². The predicted molar refractivity (Wildman–Crippen MR) is 69.7 cm³/mol. The van der Waals surface area contributed by atoms with Gasteiger partial charge < -0.3 is 15.7 Å². The van der Waals surface area contributed by atoms with E-state index in [9.17, 15) is 5.11 Å². The Hall–Kier alpha value is -0.480. The minimum Gasteiger partial charge on any atom is -0.387 e. The molecule has 0 spiro atoms. The Labute approximate surface area is 107 Å². The number of aliphatic hydroxyl groups excluding tert-OH is 1. The van der Waals surface area contributed by atoms with Gasteiger partial charge in [0, 0.05) is 20.1 Å². The fraction of sp³-hybridized carbons (Fsp3) is 0.455. The van der Waals surface area contributed by atoms with Crippen LogP contribution < -0.4 is 10.6 Å². The van der Waals surface area contributed by atoms with E-state index in [2.05, 4.69) is 4.90 Å². The zero-order valence-corrected chi connectivity index (χ0v) is 10.7. The third kappa shape index (κ3) is 2.28. The van der Waals surface area contributed by atoms with Crippen LogP contribution in [0.25, 0.3) is 0 Å². The van der Waals surface area contributed by atoms with Crippen molar-refractivity contribution >= 4 is 29.7 Å². The number of hydrogen-bond acceptors (Lipinski definition) is 3. The van der Waals surface area contributed by atoms with E-state index in [0.717, 1.165) is 24.2 Å². The fourth-order valence-electron chi connectivity index (χ4n) is 2.03. The quantitative estimate of drug-likeness (QED) is 0.854. The van der Waals surface area contributed by atoms with Gasteiger partial charge in [0.2, 0.25) is 0 Å². The van der Waals surface area contributed by atoms with E-state index in [4.69, 9.17) is 17.3 Å². The molecule has 90 valence electrons. The molecule has 3 nitrogen and oxygen atoms in total. The first-order valence-electron chi connectivity index (χ1n) is 5.05. The zero-order valence-electron chi connectivity index (χ0n) is 9.11. The molecule has 0 amide bonds. The number of rotatable bonds is 2. The van der Waals surface area contributed by atoms with Crippen molar-refractivity contribution in [2.75, 3.05) is 25.0 Å². The maximum Gasteiger partial charge on any atom is 0.0912 e.